The summed E-state index contributed by atoms with van der Waals surface area (Å²) in [7, 11) is 4.45. The number of rotatable bonds is 5. The molecular weight excluding hydrogens is 420 g/mol. The number of nitrogens with zero attached hydrogens (tertiary/aromatic N) is 1. The van der Waals surface area contributed by atoms with Crippen LogP contribution in [0.2, 0.25) is 0 Å². The summed E-state index contributed by atoms with van der Waals surface area (Å²) in [5.74, 6) is 0.0176. The summed E-state index contributed by atoms with van der Waals surface area (Å²) in [4.78, 5) is 30.8. The quantitative estimate of drug-likeness (QED) is 0.483. The van der Waals surface area contributed by atoms with E-state index in [0.717, 1.165) is 22.2 Å². The Hall–Kier alpha value is -3.19. The van der Waals surface area contributed by atoms with Crippen LogP contribution in [-0.4, -0.2) is 55.0 Å². The predicted molar refractivity (Wildman–Crippen MR) is 117 cm³/mol. The molecule has 0 radical (unpaired) electrons. The van der Waals surface area contributed by atoms with Crippen LogP contribution in [0.25, 0.3) is 10.9 Å². The van der Waals surface area contributed by atoms with Gasteiger partial charge in [0.05, 0.1) is 21.3 Å². The molecule has 2 unspecified atom stereocenters. The van der Waals surface area contributed by atoms with E-state index in [1.165, 1.54) is 12.0 Å². The van der Waals surface area contributed by atoms with Gasteiger partial charge >= 0.3 is 5.97 Å². The molecule has 2 atom stereocenters. The van der Waals surface area contributed by atoms with E-state index in [4.69, 9.17) is 25.8 Å². The van der Waals surface area contributed by atoms with E-state index < -0.39 is 18.1 Å². The second-order valence-electron chi connectivity index (χ2n) is 7.25. The molecule has 1 aliphatic heterocycles. The fraction of sp³-hybridized carbons (Fsp3) is 0.304. The number of carbonyl (C=O) groups is 2. The number of para-hydroxylation sites is 1. The van der Waals surface area contributed by atoms with Crippen molar-refractivity contribution in [2.24, 2.45) is 0 Å². The van der Waals surface area contributed by atoms with Gasteiger partial charge < -0.3 is 24.1 Å². The number of hydrogen-bond donors (Lipinski definition) is 1. The molecule has 0 fully saturated rings. The van der Waals surface area contributed by atoms with Crippen LogP contribution in [0.1, 0.15) is 22.9 Å². The van der Waals surface area contributed by atoms with Crippen molar-refractivity contribution in [1.82, 2.24) is 9.88 Å². The molecule has 0 spiro atoms. The number of amides is 1. The standard InChI is InChI=1S/C23H23ClN2O5/c1-29-13-8-9-19(30-2)16(10-13)22-21-15(14-6-4-5-7-17(14)25-21)11-18(23(28)31-3)26(22)20(27)12-24/h4-10,18,22,25H,11-12H2,1-3H3. The molecule has 8 heteroatoms. The van der Waals surface area contributed by atoms with Crippen LogP contribution < -0.4 is 9.47 Å². The van der Waals surface area contributed by atoms with Crippen molar-refractivity contribution in [3.63, 3.8) is 0 Å². The smallest absolute Gasteiger partial charge is 0.328 e. The van der Waals surface area contributed by atoms with Gasteiger partial charge in [-0.25, -0.2) is 4.79 Å². The van der Waals surface area contributed by atoms with Crippen molar-refractivity contribution in [1.29, 1.82) is 0 Å². The minimum Gasteiger partial charge on any atom is -0.497 e. The number of esters is 1. The van der Waals surface area contributed by atoms with Crippen molar-refractivity contribution in [2.75, 3.05) is 27.2 Å². The molecule has 3 aromatic rings. The van der Waals surface area contributed by atoms with Crippen molar-refractivity contribution >= 4 is 34.4 Å². The monoisotopic (exact) mass is 442 g/mol. The molecule has 0 saturated carbocycles. The van der Waals surface area contributed by atoms with Gasteiger partial charge in [0, 0.05) is 28.6 Å². The van der Waals surface area contributed by atoms with E-state index in [0.29, 0.717) is 23.5 Å². The molecule has 2 aromatic carbocycles. The van der Waals surface area contributed by atoms with Gasteiger partial charge in [0.25, 0.3) is 0 Å². The maximum Gasteiger partial charge on any atom is 0.328 e. The highest BCUT2D eigenvalue weighted by molar-refractivity contribution is 6.27. The topological polar surface area (TPSA) is 80.9 Å². The lowest BCUT2D eigenvalue weighted by Gasteiger charge is -2.41. The summed E-state index contributed by atoms with van der Waals surface area (Å²) in [6.07, 6.45) is 0.317. The van der Waals surface area contributed by atoms with Gasteiger partial charge in [-0.1, -0.05) is 18.2 Å². The maximum atomic E-state index is 13.1. The average Bonchev–Trinajstić information content (AvgIpc) is 3.19. The minimum absolute atomic E-state index is 0.272. The van der Waals surface area contributed by atoms with Crippen LogP contribution in [0.15, 0.2) is 42.5 Å². The first kappa shape index (κ1) is 21.1. The zero-order valence-corrected chi connectivity index (χ0v) is 18.2. The van der Waals surface area contributed by atoms with Crippen LogP contribution in [0.3, 0.4) is 0 Å². The SMILES string of the molecule is COC(=O)C1Cc2c([nH]c3ccccc23)C(c2cc(OC)ccc2OC)N1C(=O)CCl. The molecule has 7 nitrogen and oxygen atoms in total. The Morgan fingerprint density at radius 3 is 2.58 bits per heavy atom. The third kappa shape index (κ3) is 3.49. The van der Waals surface area contributed by atoms with Gasteiger partial charge in [-0.05, 0) is 29.8 Å². The number of methoxy groups -OCH3 is 3. The Bertz CT molecular complexity index is 1140. The fourth-order valence-electron chi connectivity index (χ4n) is 4.36. The zero-order chi connectivity index (χ0) is 22.1. The summed E-state index contributed by atoms with van der Waals surface area (Å²) in [6.45, 7) is 0. The number of carbonyl (C=O) groups excluding carboxylic acids is 2. The Labute approximate surface area is 184 Å². The number of fused-ring (bicyclic) bond motifs is 3. The lowest BCUT2D eigenvalue weighted by Crippen LogP contribution is -2.52. The second-order valence-corrected chi connectivity index (χ2v) is 7.52. The third-order valence-corrected chi connectivity index (χ3v) is 5.97. The number of nitrogens with one attached hydrogen (secondary N) is 1. The Morgan fingerprint density at radius 2 is 1.90 bits per heavy atom. The number of H-pyrrole nitrogens is 1. The van der Waals surface area contributed by atoms with Crippen molar-refractivity contribution in [3.05, 3.63) is 59.3 Å². The van der Waals surface area contributed by atoms with Gasteiger partial charge in [0.2, 0.25) is 5.91 Å². The van der Waals surface area contributed by atoms with E-state index in [1.54, 1.807) is 26.4 Å². The van der Waals surface area contributed by atoms with E-state index in [2.05, 4.69) is 4.98 Å². The van der Waals surface area contributed by atoms with E-state index in [-0.39, 0.29) is 11.8 Å². The van der Waals surface area contributed by atoms with Gasteiger partial charge in [-0.15, -0.1) is 11.6 Å². The molecule has 1 aliphatic rings. The number of aromatic nitrogens is 1. The number of alkyl halides is 1. The first-order valence-corrected chi connectivity index (χ1v) is 10.3. The molecular formula is C23H23ClN2O5. The highest BCUT2D eigenvalue weighted by atomic mass is 35.5. The molecule has 0 bridgehead atoms. The second kappa shape index (κ2) is 8.51. The number of aromatic amines is 1. The maximum absolute atomic E-state index is 13.1. The highest BCUT2D eigenvalue weighted by Crippen LogP contribution is 2.44. The van der Waals surface area contributed by atoms with Crippen LogP contribution in [0.5, 0.6) is 11.5 Å². The first-order valence-electron chi connectivity index (χ1n) is 9.80. The van der Waals surface area contributed by atoms with Crippen molar-refractivity contribution < 1.29 is 23.8 Å². The van der Waals surface area contributed by atoms with Gasteiger partial charge in [-0.2, -0.15) is 0 Å². The average molecular weight is 443 g/mol. The largest absolute Gasteiger partial charge is 0.497 e. The van der Waals surface area contributed by atoms with Crippen LogP contribution in [-0.2, 0) is 20.7 Å². The van der Waals surface area contributed by atoms with E-state index in [1.807, 2.05) is 30.3 Å². The van der Waals surface area contributed by atoms with Gasteiger partial charge in [-0.3, -0.25) is 4.79 Å². The molecule has 1 N–H and O–H groups in total. The number of halogens is 1. The summed E-state index contributed by atoms with van der Waals surface area (Å²) in [5, 5.41) is 0.997. The van der Waals surface area contributed by atoms with E-state index in [9.17, 15) is 9.59 Å². The fourth-order valence-corrected chi connectivity index (χ4v) is 4.50. The number of benzene rings is 2. The Morgan fingerprint density at radius 1 is 1.13 bits per heavy atom. The third-order valence-electron chi connectivity index (χ3n) is 5.74. The Kier molecular flexibility index (Phi) is 5.78. The van der Waals surface area contributed by atoms with Crippen LogP contribution >= 0.6 is 11.6 Å². The molecule has 4 rings (SSSR count). The highest BCUT2D eigenvalue weighted by Gasteiger charge is 2.44. The summed E-state index contributed by atoms with van der Waals surface area (Å²) in [6, 6.07) is 11.7. The predicted octanol–water partition coefficient (Wildman–Crippen LogP) is 3.44. The molecule has 1 amide bonds. The number of hydrogen-bond acceptors (Lipinski definition) is 5. The normalized spacial score (nSPS) is 17.9. The molecule has 0 saturated heterocycles. The van der Waals surface area contributed by atoms with Crippen molar-refractivity contribution in [2.45, 2.75) is 18.5 Å². The summed E-state index contributed by atoms with van der Waals surface area (Å²) < 4.78 is 16.1. The summed E-state index contributed by atoms with van der Waals surface area (Å²) >= 11 is 5.98. The molecule has 2 heterocycles. The van der Waals surface area contributed by atoms with Crippen LogP contribution in [0, 0.1) is 0 Å². The zero-order valence-electron chi connectivity index (χ0n) is 17.5. The van der Waals surface area contributed by atoms with Crippen LogP contribution in [0.4, 0.5) is 0 Å². The van der Waals surface area contributed by atoms with Gasteiger partial charge in [0.15, 0.2) is 0 Å². The van der Waals surface area contributed by atoms with E-state index >= 15 is 0 Å². The molecule has 1 aromatic heterocycles. The van der Waals surface area contributed by atoms with Gasteiger partial charge in [0.1, 0.15) is 29.5 Å². The lowest BCUT2D eigenvalue weighted by atomic mass is 9.87. The minimum atomic E-state index is -0.830. The Balaban J connectivity index is 2.03. The molecule has 0 aliphatic carbocycles. The number of ether oxygens (including phenoxy) is 3. The molecule has 162 valence electrons. The lowest BCUT2D eigenvalue weighted by molar-refractivity contribution is -0.154. The first-order chi connectivity index (χ1) is 15.0. The summed E-state index contributed by atoms with van der Waals surface area (Å²) in [5.41, 5.74) is 3.37. The van der Waals surface area contributed by atoms with Crippen molar-refractivity contribution in [3.8, 4) is 11.5 Å². The molecule has 31 heavy (non-hydrogen) atoms.